The second-order valence-electron chi connectivity index (χ2n) is 4.31. The summed E-state index contributed by atoms with van der Waals surface area (Å²) in [6.45, 7) is 2.95. The molecule has 2 rings (SSSR count). The first-order valence-electron chi connectivity index (χ1n) is 6.50. The van der Waals surface area contributed by atoms with Crippen molar-refractivity contribution < 1.29 is 9.53 Å². The van der Waals surface area contributed by atoms with Gasteiger partial charge in [0.15, 0.2) is 0 Å². The summed E-state index contributed by atoms with van der Waals surface area (Å²) in [6, 6.07) is 7.69. The summed E-state index contributed by atoms with van der Waals surface area (Å²) >= 11 is 0. The van der Waals surface area contributed by atoms with Gasteiger partial charge in [-0.2, -0.15) is 0 Å². The van der Waals surface area contributed by atoms with E-state index in [1.54, 1.807) is 7.05 Å². The van der Waals surface area contributed by atoms with Crippen molar-refractivity contribution in [1.82, 2.24) is 14.9 Å². The summed E-state index contributed by atoms with van der Waals surface area (Å²) in [5, 5.41) is 2.99. The molecular weight excluding hydrogens is 242 g/mol. The Bertz CT molecular complexity index is 550. The minimum atomic E-state index is -0.277. The van der Waals surface area contributed by atoms with Gasteiger partial charge in [-0.05, 0) is 32.5 Å². The average molecular weight is 261 g/mol. The number of esters is 1. The number of hydrogen-bond acceptors (Lipinski definition) is 4. The maximum atomic E-state index is 11.7. The molecule has 102 valence electrons. The molecule has 1 aromatic heterocycles. The van der Waals surface area contributed by atoms with Crippen LogP contribution in [-0.2, 0) is 16.1 Å². The second-order valence-corrected chi connectivity index (χ2v) is 4.31. The fraction of sp³-hybridized carbons (Fsp3) is 0.429. The van der Waals surface area contributed by atoms with Gasteiger partial charge in [0.1, 0.15) is 6.04 Å². The Morgan fingerprint density at radius 2 is 2.26 bits per heavy atom. The van der Waals surface area contributed by atoms with Gasteiger partial charge in [-0.3, -0.25) is 4.79 Å². The van der Waals surface area contributed by atoms with Crippen molar-refractivity contribution in [3.63, 3.8) is 0 Å². The first kappa shape index (κ1) is 13.5. The molecule has 2 aromatic rings. The molecule has 0 amide bonds. The van der Waals surface area contributed by atoms with Gasteiger partial charge >= 0.3 is 5.97 Å². The van der Waals surface area contributed by atoms with Crippen LogP contribution < -0.4 is 5.32 Å². The molecule has 19 heavy (non-hydrogen) atoms. The van der Waals surface area contributed by atoms with E-state index in [4.69, 9.17) is 4.74 Å². The Labute approximate surface area is 112 Å². The van der Waals surface area contributed by atoms with Crippen LogP contribution in [0.1, 0.15) is 13.3 Å². The van der Waals surface area contributed by atoms with Gasteiger partial charge in [-0.25, -0.2) is 4.98 Å². The molecule has 0 aliphatic rings. The maximum Gasteiger partial charge on any atom is 0.323 e. The van der Waals surface area contributed by atoms with Crippen molar-refractivity contribution >= 4 is 17.0 Å². The number of carbonyl (C=O) groups is 1. The number of aryl methyl sites for hydroxylation is 1. The van der Waals surface area contributed by atoms with E-state index < -0.39 is 0 Å². The molecule has 1 aromatic carbocycles. The molecule has 0 saturated carbocycles. The predicted octanol–water partition coefficient (Wildman–Crippen LogP) is 1.58. The summed E-state index contributed by atoms with van der Waals surface area (Å²) in [6.07, 6.45) is 2.48. The monoisotopic (exact) mass is 261 g/mol. The SMILES string of the molecule is CCOC(=O)C(CCn1cnc2ccccc21)NC. The number of carbonyl (C=O) groups excluding carboxylic acids is 1. The van der Waals surface area contributed by atoms with Gasteiger partial charge in [-0.1, -0.05) is 12.1 Å². The number of imidazole rings is 1. The Kier molecular flexibility index (Phi) is 4.52. The molecule has 1 unspecified atom stereocenters. The number of benzene rings is 1. The third-order valence-corrected chi connectivity index (χ3v) is 3.11. The third kappa shape index (κ3) is 3.12. The Hall–Kier alpha value is -1.88. The van der Waals surface area contributed by atoms with E-state index >= 15 is 0 Å². The second kappa shape index (κ2) is 6.33. The number of hydrogen-bond donors (Lipinski definition) is 1. The topological polar surface area (TPSA) is 56.2 Å². The summed E-state index contributed by atoms with van der Waals surface area (Å²) in [7, 11) is 1.77. The third-order valence-electron chi connectivity index (χ3n) is 3.11. The Morgan fingerprint density at radius 3 is 3.00 bits per heavy atom. The smallest absolute Gasteiger partial charge is 0.323 e. The van der Waals surface area contributed by atoms with E-state index in [1.807, 2.05) is 37.5 Å². The van der Waals surface area contributed by atoms with Gasteiger partial charge in [0, 0.05) is 6.54 Å². The van der Waals surface area contributed by atoms with Crippen LogP contribution in [0.4, 0.5) is 0 Å². The van der Waals surface area contributed by atoms with Crippen LogP contribution in [-0.4, -0.2) is 35.2 Å². The highest BCUT2D eigenvalue weighted by atomic mass is 16.5. The number of nitrogens with one attached hydrogen (secondary N) is 1. The van der Waals surface area contributed by atoms with E-state index in [0.29, 0.717) is 13.0 Å². The van der Waals surface area contributed by atoms with Gasteiger partial charge in [0.2, 0.25) is 0 Å². The lowest BCUT2D eigenvalue weighted by Gasteiger charge is -2.15. The zero-order valence-electron chi connectivity index (χ0n) is 11.3. The molecule has 0 fully saturated rings. The number of fused-ring (bicyclic) bond motifs is 1. The lowest BCUT2D eigenvalue weighted by Crippen LogP contribution is -2.36. The molecule has 1 heterocycles. The largest absolute Gasteiger partial charge is 0.465 e. The van der Waals surface area contributed by atoms with Crippen LogP contribution in [0.2, 0.25) is 0 Å². The number of likely N-dealkylation sites (N-methyl/N-ethyl adjacent to an activating group) is 1. The highest BCUT2D eigenvalue weighted by molar-refractivity contribution is 5.76. The molecular formula is C14H19N3O2. The van der Waals surface area contributed by atoms with Crippen LogP contribution in [0.15, 0.2) is 30.6 Å². The molecule has 5 nitrogen and oxygen atoms in total. The number of para-hydroxylation sites is 2. The van der Waals surface area contributed by atoms with Gasteiger partial charge < -0.3 is 14.6 Å². The van der Waals surface area contributed by atoms with Crippen LogP contribution in [0.5, 0.6) is 0 Å². The zero-order chi connectivity index (χ0) is 13.7. The first-order chi connectivity index (χ1) is 9.26. The summed E-state index contributed by atoms with van der Waals surface area (Å²) < 4.78 is 7.08. The summed E-state index contributed by atoms with van der Waals surface area (Å²) in [5.74, 6) is -0.200. The van der Waals surface area contributed by atoms with Crippen molar-refractivity contribution in [2.75, 3.05) is 13.7 Å². The van der Waals surface area contributed by atoms with Crippen molar-refractivity contribution in [3.8, 4) is 0 Å². The Balaban J connectivity index is 2.03. The molecule has 0 spiro atoms. The highest BCUT2D eigenvalue weighted by Gasteiger charge is 2.17. The van der Waals surface area contributed by atoms with Crippen molar-refractivity contribution in [3.05, 3.63) is 30.6 Å². The van der Waals surface area contributed by atoms with Crippen molar-refractivity contribution in [1.29, 1.82) is 0 Å². The first-order valence-corrected chi connectivity index (χ1v) is 6.50. The number of rotatable bonds is 6. The molecule has 0 radical (unpaired) electrons. The van der Waals surface area contributed by atoms with E-state index in [0.717, 1.165) is 17.6 Å². The number of ether oxygens (including phenoxy) is 1. The molecule has 1 N–H and O–H groups in total. The maximum absolute atomic E-state index is 11.7. The van der Waals surface area contributed by atoms with E-state index in [9.17, 15) is 4.79 Å². The lowest BCUT2D eigenvalue weighted by atomic mass is 10.2. The molecule has 5 heteroatoms. The standard InChI is InChI=1S/C14H19N3O2/c1-3-19-14(18)12(15-2)8-9-17-10-16-11-6-4-5-7-13(11)17/h4-7,10,12,15H,3,8-9H2,1-2H3. The van der Waals surface area contributed by atoms with Crippen LogP contribution in [0.3, 0.4) is 0 Å². The summed E-state index contributed by atoms with van der Waals surface area (Å²) in [4.78, 5) is 16.0. The summed E-state index contributed by atoms with van der Waals surface area (Å²) in [5.41, 5.74) is 2.06. The minimum absolute atomic E-state index is 0.200. The van der Waals surface area contributed by atoms with Crippen molar-refractivity contribution in [2.24, 2.45) is 0 Å². The van der Waals surface area contributed by atoms with Crippen LogP contribution in [0.25, 0.3) is 11.0 Å². The minimum Gasteiger partial charge on any atom is -0.465 e. The molecule has 0 saturated heterocycles. The predicted molar refractivity (Wildman–Crippen MR) is 73.8 cm³/mol. The van der Waals surface area contributed by atoms with E-state index in [2.05, 4.69) is 14.9 Å². The zero-order valence-corrected chi connectivity index (χ0v) is 11.3. The quantitative estimate of drug-likeness (QED) is 0.802. The normalized spacial score (nSPS) is 12.5. The van der Waals surface area contributed by atoms with Gasteiger partial charge in [0.25, 0.3) is 0 Å². The number of aromatic nitrogens is 2. The fourth-order valence-corrected chi connectivity index (χ4v) is 2.08. The average Bonchev–Trinajstić information content (AvgIpc) is 2.83. The fourth-order valence-electron chi connectivity index (χ4n) is 2.08. The van der Waals surface area contributed by atoms with E-state index in [1.165, 1.54) is 0 Å². The van der Waals surface area contributed by atoms with Crippen LogP contribution in [0, 0.1) is 0 Å². The number of nitrogens with zero attached hydrogens (tertiary/aromatic N) is 2. The van der Waals surface area contributed by atoms with Gasteiger partial charge in [0.05, 0.1) is 24.0 Å². The van der Waals surface area contributed by atoms with Crippen molar-refractivity contribution in [2.45, 2.75) is 25.9 Å². The lowest BCUT2D eigenvalue weighted by molar-refractivity contribution is -0.145. The molecule has 0 aliphatic heterocycles. The van der Waals surface area contributed by atoms with Gasteiger partial charge in [-0.15, -0.1) is 0 Å². The molecule has 0 bridgehead atoms. The van der Waals surface area contributed by atoms with E-state index in [-0.39, 0.29) is 12.0 Å². The Morgan fingerprint density at radius 1 is 1.47 bits per heavy atom. The molecule has 0 aliphatic carbocycles. The van der Waals surface area contributed by atoms with Crippen LogP contribution >= 0.6 is 0 Å². The highest BCUT2D eigenvalue weighted by Crippen LogP contribution is 2.12. The molecule has 1 atom stereocenters.